The number of aromatic amines is 1. The Hall–Kier alpha value is -1.80. The van der Waals surface area contributed by atoms with Crippen molar-refractivity contribution in [2.75, 3.05) is 12.8 Å². The lowest BCUT2D eigenvalue weighted by atomic mass is 10.2. The smallest absolute Gasteiger partial charge is 0.211 e. The van der Waals surface area contributed by atoms with Gasteiger partial charge in [0.1, 0.15) is 11.5 Å². The number of hydrogen-bond acceptors (Lipinski definition) is 5. The van der Waals surface area contributed by atoms with Gasteiger partial charge in [0.25, 0.3) is 0 Å². The molecular formula is C13H17N5O2S. The minimum absolute atomic E-state index is 0.284. The van der Waals surface area contributed by atoms with E-state index in [4.69, 9.17) is 0 Å². The maximum absolute atomic E-state index is 11.9. The van der Waals surface area contributed by atoms with Crippen molar-refractivity contribution in [3.05, 3.63) is 30.0 Å². The largest absolute Gasteiger partial charge is 0.343 e. The summed E-state index contributed by atoms with van der Waals surface area (Å²) in [5.41, 5.74) is 1.48. The fraction of sp³-hybridized carbons (Fsp3) is 0.462. The van der Waals surface area contributed by atoms with Crippen LogP contribution >= 0.6 is 0 Å². The molecule has 3 heterocycles. The number of imidazole rings is 1. The Kier molecular flexibility index (Phi) is 3.50. The summed E-state index contributed by atoms with van der Waals surface area (Å²) in [6, 6.07) is 1.55. The van der Waals surface area contributed by atoms with Crippen molar-refractivity contribution < 1.29 is 8.42 Å². The first-order chi connectivity index (χ1) is 9.95. The second kappa shape index (κ2) is 5.19. The Morgan fingerprint density at radius 2 is 2.19 bits per heavy atom. The highest BCUT2D eigenvalue weighted by Gasteiger charge is 2.34. The van der Waals surface area contributed by atoms with Crippen LogP contribution in [-0.2, 0) is 10.0 Å². The Morgan fingerprint density at radius 3 is 2.86 bits per heavy atom. The molecule has 3 rings (SSSR count). The monoisotopic (exact) mass is 307 g/mol. The third-order valence-electron chi connectivity index (χ3n) is 3.54. The molecule has 1 saturated heterocycles. The molecule has 1 fully saturated rings. The predicted octanol–water partition coefficient (Wildman–Crippen LogP) is 1.27. The zero-order valence-corrected chi connectivity index (χ0v) is 12.8. The Balaban J connectivity index is 2.03. The minimum atomic E-state index is -3.25. The lowest BCUT2D eigenvalue weighted by Gasteiger charge is -2.21. The van der Waals surface area contributed by atoms with Crippen LogP contribution in [0.4, 0.5) is 0 Å². The van der Waals surface area contributed by atoms with E-state index in [1.807, 2.05) is 13.0 Å². The van der Waals surface area contributed by atoms with Gasteiger partial charge in [0.05, 0.1) is 12.3 Å². The number of sulfonamides is 1. The first kappa shape index (κ1) is 14.2. The summed E-state index contributed by atoms with van der Waals surface area (Å²) in [6.45, 7) is 2.40. The van der Waals surface area contributed by atoms with Crippen molar-refractivity contribution in [2.45, 2.75) is 25.8 Å². The lowest BCUT2D eigenvalue weighted by molar-refractivity contribution is 0.386. The molecule has 1 aliphatic heterocycles. The molecule has 0 bridgehead atoms. The highest BCUT2D eigenvalue weighted by atomic mass is 32.2. The summed E-state index contributed by atoms with van der Waals surface area (Å²) < 4.78 is 25.2. The van der Waals surface area contributed by atoms with Gasteiger partial charge in [-0.15, -0.1) is 0 Å². The molecule has 0 radical (unpaired) electrons. The van der Waals surface area contributed by atoms with E-state index < -0.39 is 10.0 Å². The van der Waals surface area contributed by atoms with Crippen molar-refractivity contribution in [3.8, 4) is 11.5 Å². The third kappa shape index (κ3) is 2.81. The maximum Gasteiger partial charge on any atom is 0.211 e. The second-order valence-corrected chi connectivity index (χ2v) is 7.16. The predicted molar refractivity (Wildman–Crippen MR) is 77.9 cm³/mol. The maximum atomic E-state index is 11.9. The molecule has 0 spiro atoms. The van der Waals surface area contributed by atoms with Crippen molar-refractivity contribution >= 4 is 10.0 Å². The number of nitrogens with one attached hydrogen (secondary N) is 1. The quantitative estimate of drug-likeness (QED) is 0.922. The van der Waals surface area contributed by atoms with Crippen molar-refractivity contribution in [3.63, 3.8) is 0 Å². The molecule has 1 atom stereocenters. The average molecular weight is 307 g/mol. The summed E-state index contributed by atoms with van der Waals surface area (Å²) >= 11 is 0. The summed E-state index contributed by atoms with van der Waals surface area (Å²) in [6.07, 6.45) is 6.18. The van der Waals surface area contributed by atoms with Crippen LogP contribution in [0.1, 0.15) is 30.4 Å². The molecule has 7 nitrogen and oxygen atoms in total. The van der Waals surface area contributed by atoms with E-state index in [2.05, 4.69) is 19.9 Å². The Bertz CT molecular complexity index is 742. The SMILES string of the molecule is Cc1cc(-c2ncc[nH]2)nc(C2CCCN2S(C)(=O)=O)n1. The number of H-pyrrole nitrogens is 1. The van der Waals surface area contributed by atoms with Crippen LogP contribution in [-0.4, -0.2) is 45.5 Å². The van der Waals surface area contributed by atoms with E-state index in [-0.39, 0.29) is 6.04 Å². The van der Waals surface area contributed by atoms with Gasteiger partial charge in [-0.25, -0.2) is 23.4 Å². The molecule has 8 heteroatoms. The van der Waals surface area contributed by atoms with Crippen molar-refractivity contribution in [1.82, 2.24) is 24.2 Å². The lowest BCUT2D eigenvalue weighted by Crippen LogP contribution is -2.30. The average Bonchev–Trinajstić information content (AvgIpc) is 3.09. The van der Waals surface area contributed by atoms with Gasteiger partial charge < -0.3 is 4.98 Å². The topological polar surface area (TPSA) is 91.8 Å². The molecule has 1 aliphatic rings. The molecule has 1 N–H and O–H groups in total. The molecular weight excluding hydrogens is 290 g/mol. The zero-order chi connectivity index (χ0) is 15.0. The molecule has 2 aromatic heterocycles. The molecule has 0 aromatic carbocycles. The van der Waals surface area contributed by atoms with Crippen LogP contribution in [0, 0.1) is 6.92 Å². The van der Waals surface area contributed by atoms with Gasteiger partial charge in [-0.05, 0) is 25.8 Å². The normalized spacial score (nSPS) is 20.0. The van der Waals surface area contributed by atoms with Crippen LogP contribution < -0.4 is 0 Å². The third-order valence-corrected chi connectivity index (χ3v) is 4.83. The molecule has 0 aliphatic carbocycles. The molecule has 21 heavy (non-hydrogen) atoms. The van der Waals surface area contributed by atoms with E-state index in [9.17, 15) is 8.42 Å². The van der Waals surface area contributed by atoms with Crippen LogP contribution in [0.25, 0.3) is 11.5 Å². The van der Waals surface area contributed by atoms with E-state index in [0.29, 0.717) is 23.9 Å². The van der Waals surface area contributed by atoms with Gasteiger partial charge in [-0.3, -0.25) is 0 Å². The zero-order valence-electron chi connectivity index (χ0n) is 11.9. The minimum Gasteiger partial charge on any atom is -0.343 e. The van der Waals surface area contributed by atoms with Crippen LogP contribution in [0.15, 0.2) is 18.5 Å². The fourth-order valence-corrected chi connectivity index (χ4v) is 3.79. The van der Waals surface area contributed by atoms with Gasteiger partial charge >= 0.3 is 0 Å². The Labute approximate surface area is 123 Å². The number of nitrogens with zero attached hydrogens (tertiary/aromatic N) is 4. The molecule has 112 valence electrons. The Morgan fingerprint density at radius 1 is 1.38 bits per heavy atom. The van der Waals surface area contributed by atoms with E-state index in [1.54, 1.807) is 12.4 Å². The van der Waals surface area contributed by atoms with E-state index >= 15 is 0 Å². The summed E-state index contributed by atoms with van der Waals surface area (Å²) in [5, 5.41) is 0. The summed E-state index contributed by atoms with van der Waals surface area (Å²) in [5.74, 6) is 1.20. The van der Waals surface area contributed by atoms with Gasteiger partial charge in [-0.1, -0.05) is 0 Å². The molecule has 0 amide bonds. The van der Waals surface area contributed by atoms with Crippen molar-refractivity contribution in [2.24, 2.45) is 0 Å². The van der Waals surface area contributed by atoms with Gasteiger partial charge in [-0.2, -0.15) is 4.31 Å². The molecule has 1 unspecified atom stereocenters. The van der Waals surface area contributed by atoms with Gasteiger partial charge in [0, 0.05) is 24.6 Å². The summed E-state index contributed by atoms with van der Waals surface area (Å²) in [7, 11) is -3.25. The number of aromatic nitrogens is 4. The first-order valence-corrected chi connectivity index (χ1v) is 8.62. The standard InChI is InChI=1S/C13H17N5O2S/c1-9-8-10(12-14-5-6-15-12)17-13(16-9)11-4-3-7-18(11)21(2,19)20/h5-6,8,11H,3-4,7H2,1-2H3,(H,14,15). The van der Waals surface area contributed by atoms with Crippen LogP contribution in [0.5, 0.6) is 0 Å². The van der Waals surface area contributed by atoms with E-state index in [0.717, 1.165) is 18.5 Å². The van der Waals surface area contributed by atoms with Crippen LogP contribution in [0.3, 0.4) is 0 Å². The van der Waals surface area contributed by atoms with E-state index in [1.165, 1.54) is 10.6 Å². The number of hydrogen-bond donors (Lipinski definition) is 1. The molecule has 0 saturated carbocycles. The van der Waals surface area contributed by atoms with Crippen LogP contribution in [0.2, 0.25) is 0 Å². The highest BCUT2D eigenvalue weighted by Crippen LogP contribution is 2.32. The van der Waals surface area contributed by atoms with Crippen molar-refractivity contribution in [1.29, 1.82) is 0 Å². The number of aryl methyl sites for hydroxylation is 1. The second-order valence-electron chi connectivity index (χ2n) is 5.22. The fourth-order valence-electron chi connectivity index (χ4n) is 2.66. The molecule has 2 aromatic rings. The summed E-state index contributed by atoms with van der Waals surface area (Å²) in [4.78, 5) is 16.1. The number of rotatable bonds is 3. The van der Waals surface area contributed by atoms with Gasteiger partial charge in [0.15, 0.2) is 5.82 Å². The highest BCUT2D eigenvalue weighted by molar-refractivity contribution is 7.88. The van der Waals surface area contributed by atoms with Gasteiger partial charge in [0.2, 0.25) is 10.0 Å². The first-order valence-electron chi connectivity index (χ1n) is 6.77.